The average molecular weight is 286 g/mol. The third-order valence-electron chi connectivity index (χ3n) is 5.38. The Hall–Kier alpha value is -0.860. The predicted molar refractivity (Wildman–Crippen MR) is 89.7 cm³/mol. The van der Waals surface area contributed by atoms with Crippen LogP contribution in [0.2, 0.25) is 0 Å². The monoisotopic (exact) mass is 286 g/mol. The molecule has 1 aromatic rings. The van der Waals surface area contributed by atoms with E-state index in [0.29, 0.717) is 6.04 Å². The number of piperidine rings is 1. The molecule has 0 aliphatic carbocycles. The Morgan fingerprint density at radius 2 is 1.81 bits per heavy atom. The van der Waals surface area contributed by atoms with E-state index in [1.54, 1.807) is 0 Å². The van der Waals surface area contributed by atoms with Gasteiger partial charge in [0.25, 0.3) is 0 Å². The molecule has 2 fully saturated rings. The summed E-state index contributed by atoms with van der Waals surface area (Å²) in [4.78, 5) is 2.78. The van der Waals surface area contributed by atoms with Gasteiger partial charge >= 0.3 is 0 Å². The van der Waals surface area contributed by atoms with E-state index in [9.17, 15) is 0 Å². The molecule has 116 valence electrons. The Labute approximate surface area is 129 Å². The lowest BCUT2D eigenvalue weighted by molar-refractivity contribution is 0.0802. The van der Waals surface area contributed by atoms with Crippen LogP contribution in [0.15, 0.2) is 18.2 Å². The largest absolute Gasteiger partial charge is 0.312 e. The summed E-state index contributed by atoms with van der Waals surface area (Å²) >= 11 is 0. The van der Waals surface area contributed by atoms with Crippen LogP contribution in [0.25, 0.3) is 0 Å². The highest BCUT2D eigenvalue weighted by atomic mass is 15.2. The standard InChI is InChI=1S/C19H30N2/c1-14-11-15(2)13-17(12-14)16(3)21-10-5-4-8-19(21)18-7-6-9-20-18/h11-13,16,18-20H,4-10H2,1-3H3. The molecule has 3 unspecified atom stereocenters. The summed E-state index contributed by atoms with van der Waals surface area (Å²) in [6, 6.07) is 9.03. The van der Waals surface area contributed by atoms with Crippen LogP contribution in [-0.4, -0.2) is 30.1 Å². The van der Waals surface area contributed by atoms with Gasteiger partial charge in [0.15, 0.2) is 0 Å². The van der Waals surface area contributed by atoms with Gasteiger partial charge in [-0.2, -0.15) is 0 Å². The second kappa shape index (κ2) is 6.50. The van der Waals surface area contributed by atoms with E-state index < -0.39 is 0 Å². The molecule has 1 aromatic carbocycles. The van der Waals surface area contributed by atoms with Gasteiger partial charge in [-0.1, -0.05) is 35.7 Å². The molecule has 3 rings (SSSR count). The number of hydrogen-bond acceptors (Lipinski definition) is 2. The van der Waals surface area contributed by atoms with Crippen LogP contribution in [0, 0.1) is 13.8 Å². The molecule has 2 heteroatoms. The minimum atomic E-state index is 0.538. The van der Waals surface area contributed by atoms with Gasteiger partial charge < -0.3 is 5.32 Å². The maximum atomic E-state index is 3.74. The summed E-state index contributed by atoms with van der Waals surface area (Å²) in [5.41, 5.74) is 4.28. The molecule has 0 spiro atoms. The first kappa shape index (κ1) is 15.1. The van der Waals surface area contributed by atoms with Crippen molar-refractivity contribution in [1.29, 1.82) is 0 Å². The molecule has 0 bridgehead atoms. The fourth-order valence-corrected chi connectivity index (χ4v) is 4.38. The number of rotatable bonds is 3. The van der Waals surface area contributed by atoms with Gasteiger partial charge in [0.05, 0.1) is 0 Å². The lowest BCUT2D eigenvalue weighted by Crippen LogP contribution is -2.50. The van der Waals surface area contributed by atoms with E-state index in [1.807, 2.05) is 0 Å². The van der Waals surface area contributed by atoms with Crippen molar-refractivity contribution in [2.75, 3.05) is 13.1 Å². The molecule has 0 saturated carbocycles. The molecule has 1 N–H and O–H groups in total. The third-order valence-corrected chi connectivity index (χ3v) is 5.38. The maximum Gasteiger partial charge on any atom is 0.0323 e. The molecule has 2 heterocycles. The highest BCUT2D eigenvalue weighted by Crippen LogP contribution is 2.32. The van der Waals surface area contributed by atoms with Crippen LogP contribution >= 0.6 is 0 Å². The van der Waals surface area contributed by atoms with E-state index in [1.165, 1.54) is 61.9 Å². The average Bonchev–Trinajstić information content (AvgIpc) is 2.99. The summed E-state index contributed by atoms with van der Waals surface area (Å²) in [5.74, 6) is 0. The highest BCUT2D eigenvalue weighted by molar-refractivity contribution is 5.30. The number of hydrogen-bond donors (Lipinski definition) is 1. The molecule has 2 aliphatic heterocycles. The smallest absolute Gasteiger partial charge is 0.0323 e. The van der Waals surface area contributed by atoms with Crippen LogP contribution < -0.4 is 5.32 Å². The lowest BCUT2D eigenvalue weighted by atomic mass is 9.91. The van der Waals surface area contributed by atoms with Gasteiger partial charge in [-0.15, -0.1) is 0 Å². The first-order chi connectivity index (χ1) is 10.1. The molecular weight excluding hydrogens is 256 g/mol. The SMILES string of the molecule is Cc1cc(C)cc(C(C)N2CCCCC2C2CCCN2)c1. The summed E-state index contributed by atoms with van der Waals surface area (Å²) in [6.45, 7) is 9.32. The van der Waals surface area contributed by atoms with Gasteiger partial charge in [0.1, 0.15) is 0 Å². The van der Waals surface area contributed by atoms with E-state index in [0.717, 1.165) is 12.1 Å². The van der Waals surface area contributed by atoms with Crippen molar-refractivity contribution in [3.8, 4) is 0 Å². The van der Waals surface area contributed by atoms with Crippen molar-refractivity contribution in [1.82, 2.24) is 10.2 Å². The van der Waals surface area contributed by atoms with Crippen LogP contribution in [0.4, 0.5) is 0 Å². The molecular formula is C19H30N2. The Morgan fingerprint density at radius 3 is 2.48 bits per heavy atom. The van der Waals surface area contributed by atoms with Crippen molar-refractivity contribution in [3.05, 3.63) is 34.9 Å². The zero-order valence-corrected chi connectivity index (χ0v) is 13.9. The second-order valence-electron chi connectivity index (χ2n) is 7.10. The number of aryl methyl sites for hydroxylation is 2. The Balaban J connectivity index is 1.81. The van der Waals surface area contributed by atoms with Crippen molar-refractivity contribution in [3.63, 3.8) is 0 Å². The third kappa shape index (κ3) is 3.32. The van der Waals surface area contributed by atoms with Gasteiger partial charge in [0, 0.05) is 18.1 Å². The van der Waals surface area contributed by atoms with Crippen LogP contribution in [-0.2, 0) is 0 Å². The van der Waals surface area contributed by atoms with Crippen LogP contribution in [0.1, 0.15) is 61.8 Å². The molecule has 2 saturated heterocycles. The van der Waals surface area contributed by atoms with E-state index >= 15 is 0 Å². The van der Waals surface area contributed by atoms with Crippen molar-refractivity contribution >= 4 is 0 Å². The first-order valence-electron chi connectivity index (χ1n) is 8.72. The zero-order valence-electron chi connectivity index (χ0n) is 13.9. The highest BCUT2D eigenvalue weighted by Gasteiger charge is 2.34. The summed E-state index contributed by atoms with van der Waals surface area (Å²) in [7, 11) is 0. The maximum absolute atomic E-state index is 3.74. The molecule has 0 radical (unpaired) electrons. The quantitative estimate of drug-likeness (QED) is 0.904. The number of nitrogens with one attached hydrogen (secondary N) is 1. The van der Waals surface area contributed by atoms with Crippen molar-refractivity contribution < 1.29 is 0 Å². The van der Waals surface area contributed by atoms with E-state index in [4.69, 9.17) is 0 Å². The number of benzene rings is 1. The Bertz CT molecular complexity index is 456. The minimum Gasteiger partial charge on any atom is -0.312 e. The molecule has 0 amide bonds. The van der Waals surface area contributed by atoms with Gasteiger partial charge in [-0.25, -0.2) is 0 Å². The molecule has 3 atom stereocenters. The molecule has 21 heavy (non-hydrogen) atoms. The van der Waals surface area contributed by atoms with Crippen LogP contribution in [0.5, 0.6) is 0 Å². The minimum absolute atomic E-state index is 0.538. The fraction of sp³-hybridized carbons (Fsp3) is 0.684. The van der Waals surface area contributed by atoms with Crippen LogP contribution in [0.3, 0.4) is 0 Å². The summed E-state index contributed by atoms with van der Waals surface area (Å²) < 4.78 is 0. The van der Waals surface area contributed by atoms with Crippen molar-refractivity contribution in [2.45, 2.75) is 71.0 Å². The zero-order chi connectivity index (χ0) is 14.8. The topological polar surface area (TPSA) is 15.3 Å². The van der Waals surface area contributed by atoms with Gasteiger partial charge in [-0.3, -0.25) is 4.90 Å². The fourth-order valence-electron chi connectivity index (χ4n) is 4.38. The van der Waals surface area contributed by atoms with Gasteiger partial charge in [-0.05, 0) is 65.1 Å². The summed E-state index contributed by atoms with van der Waals surface area (Å²) in [5, 5.41) is 3.74. The normalized spacial score (nSPS) is 28.7. The Kier molecular flexibility index (Phi) is 4.66. The Morgan fingerprint density at radius 1 is 1.05 bits per heavy atom. The molecule has 2 nitrogen and oxygen atoms in total. The lowest BCUT2D eigenvalue weighted by Gasteiger charge is -2.43. The van der Waals surface area contributed by atoms with E-state index in [2.05, 4.69) is 49.2 Å². The first-order valence-corrected chi connectivity index (χ1v) is 8.72. The summed E-state index contributed by atoms with van der Waals surface area (Å²) in [6.07, 6.45) is 6.84. The predicted octanol–water partition coefficient (Wildman–Crippen LogP) is 3.97. The molecule has 0 aromatic heterocycles. The van der Waals surface area contributed by atoms with Gasteiger partial charge in [0.2, 0.25) is 0 Å². The number of likely N-dealkylation sites (tertiary alicyclic amines) is 1. The second-order valence-corrected chi connectivity index (χ2v) is 7.10. The molecule has 2 aliphatic rings. The van der Waals surface area contributed by atoms with E-state index in [-0.39, 0.29) is 0 Å². The number of nitrogens with zero attached hydrogens (tertiary/aromatic N) is 1. The van der Waals surface area contributed by atoms with Crippen molar-refractivity contribution in [2.24, 2.45) is 0 Å².